The van der Waals surface area contributed by atoms with E-state index in [2.05, 4.69) is 38.9 Å². The van der Waals surface area contributed by atoms with Crippen LogP contribution in [0, 0.1) is 5.41 Å². The van der Waals surface area contributed by atoms with Crippen molar-refractivity contribution in [3.05, 3.63) is 12.7 Å². The van der Waals surface area contributed by atoms with E-state index >= 15 is 0 Å². The van der Waals surface area contributed by atoms with Gasteiger partial charge in [-0.05, 0) is 31.6 Å². The summed E-state index contributed by atoms with van der Waals surface area (Å²) in [6.45, 7) is 8.76. The van der Waals surface area contributed by atoms with Crippen LogP contribution < -0.4 is 10.6 Å². The van der Waals surface area contributed by atoms with Gasteiger partial charge >= 0.3 is 18.2 Å². The standard InChI is InChI=1S/C15H23IN2O6/c1-5-11(19)22-9-23-13(21)18-15(4)7-10(17-12(20)24-16)6-14(2,3)8-15/h5,10H,1,6-9H2,2-4H3,(H,17,20)(H,18,21). The van der Waals surface area contributed by atoms with E-state index < -0.39 is 30.5 Å². The number of amides is 2. The minimum Gasteiger partial charge on any atom is -0.425 e. The molecule has 8 nitrogen and oxygen atoms in total. The fourth-order valence-electron chi connectivity index (χ4n) is 3.35. The van der Waals surface area contributed by atoms with Crippen LogP contribution in [0.15, 0.2) is 12.7 Å². The lowest BCUT2D eigenvalue weighted by atomic mass is 9.67. The highest BCUT2D eigenvalue weighted by Gasteiger charge is 2.43. The molecule has 2 amide bonds. The average Bonchev–Trinajstić information content (AvgIpc) is 2.43. The Morgan fingerprint density at radius 2 is 1.88 bits per heavy atom. The molecule has 1 rings (SSSR count). The van der Waals surface area contributed by atoms with E-state index in [1.807, 2.05) is 6.92 Å². The van der Waals surface area contributed by atoms with Crippen molar-refractivity contribution in [1.82, 2.24) is 10.6 Å². The molecular weight excluding hydrogens is 431 g/mol. The molecule has 136 valence electrons. The molecule has 0 aromatic rings. The van der Waals surface area contributed by atoms with Crippen molar-refractivity contribution < 1.29 is 26.9 Å². The first-order chi connectivity index (χ1) is 11.1. The number of alkyl carbamates (subject to hydrolysis) is 1. The van der Waals surface area contributed by atoms with Gasteiger partial charge < -0.3 is 23.2 Å². The number of rotatable bonds is 5. The quantitative estimate of drug-likeness (QED) is 0.287. The van der Waals surface area contributed by atoms with Crippen molar-refractivity contribution >= 4 is 41.2 Å². The molecule has 2 N–H and O–H groups in total. The van der Waals surface area contributed by atoms with Crippen LogP contribution >= 0.6 is 23.0 Å². The smallest absolute Gasteiger partial charge is 0.416 e. The van der Waals surface area contributed by atoms with E-state index in [1.54, 1.807) is 0 Å². The maximum absolute atomic E-state index is 11.9. The molecule has 2 unspecified atom stereocenters. The first kappa shape index (κ1) is 20.5. The molecule has 9 heteroatoms. The third-order valence-electron chi connectivity index (χ3n) is 3.72. The molecular formula is C15H23IN2O6. The van der Waals surface area contributed by atoms with Crippen molar-refractivity contribution in [3.8, 4) is 0 Å². The minimum atomic E-state index is -0.692. The Morgan fingerprint density at radius 1 is 1.21 bits per heavy atom. The van der Waals surface area contributed by atoms with Crippen molar-refractivity contribution in [3.63, 3.8) is 0 Å². The highest BCUT2D eigenvalue weighted by atomic mass is 127. The number of carbonyl (C=O) groups is 3. The number of ether oxygens (including phenoxy) is 2. The van der Waals surface area contributed by atoms with Crippen LogP contribution in [0.1, 0.15) is 40.0 Å². The molecule has 2 atom stereocenters. The Hall–Kier alpha value is -1.52. The van der Waals surface area contributed by atoms with Gasteiger partial charge in [-0.2, -0.15) is 0 Å². The second-order valence-corrected chi connectivity index (χ2v) is 7.30. The summed E-state index contributed by atoms with van der Waals surface area (Å²) >= 11 is 1.52. The molecule has 1 aliphatic rings. The van der Waals surface area contributed by atoms with E-state index in [0.717, 1.165) is 12.5 Å². The lowest BCUT2D eigenvalue weighted by Gasteiger charge is -2.46. The fraction of sp³-hybridized carbons (Fsp3) is 0.667. The van der Waals surface area contributed by atoms with Crippen LogP contribution in [-0.2, 0) is 17.3 Å². The molecule has 0 bridgehead atoms. The Morgan fingerprint density at radius 3 is 2.46 bits per heavy atom. The SMILES string of the molecule is C=CC(=O)OCOC(=O)NC1(C)CC(NC(=O)OI)CC(C)(C)C1. The zero-order valence-corrected chi connectivity index (χ0v) is 16.2. The molecule has 0 radical (unpaired) electrons. The normalized spacial score (nSPS) is 25.1. The van der Waals surface area contributed by atoms with Crippen LogP contribution in [0.5, 0.6) is 0 Å². The molecule has 24 heavy (non-hydrogen) atoms. The Bertz CT molecular complexity index is 510. The zero-order chi connectivity index (χ0) is 18.4. The minimum absolute atomic E-state index is 0.0984. The Kier molecular flexibility index (Phi) is 7.30. The molecule has 1 saturated carbocycles. The van der Waals surface area contributed by atoms with E-state index in [9.17, 15) is 14.4 Å². The predicted octanol–water partition coefficient (Wildman–Crippen LogP) is 2.81. The second kappa shape index (κ2) is 8.54. The van der Waals surface area contributed by atoms with Gasteiger partial charge in [-0.3, -0.25) is 0 Å². The highest BCUT2D eigenvalue weighted by Crippen LogP contribution is 2.41. The van der Waals surface area contributed by atoms with Gasteiger partial charge in [-0.1, -0.05) is 20.4 Å². The Balaban J connectivity index is 2.62. The van der Waals surface area contributed by atoms with Crippen LogP contribution in [0.3, 0.4) is 0 Å². The van der Waals surface area contributed by atoms with Gasteiger partial charge in [0, 0.05) is 17.7 Å². The van der Waals surface area contributed by atoms with E-state index in [4.69, 9.17) is 4.74 Å². The van der Waals surface area contributed by atoms with Gasteiger partial charge in [0.25, 0.3) is 0 Å². The summed E-state index contributed by atoms with van der Waals surface area (Å²) in [5, 5.41) is 5.57. The third kappa shape index (κ3) is 6.93. The average molecular weight is 454 g/mol. The predicted molar refractivity (Wildman–Crippen MR) is 94.2 cm³/mol. The molecule has 0 aromatic heterocycles. The van der Waals surface area contributed by atoms with Gasteiger partial charge in [0.15, 0.2) is 23.0 Å². The van der Waals surface area contributed by atoms with Gasteiger partial charge in [-0.25, -0.2) is 14.4 Å². The van der Waals surface area contributed by atoms with Crippen LogP contribution in [-0.4, -0.2) is 36.5 Å². The van der Waals surface area contributed by atoms with E-state index in [1.165, 1.54) is 23.0 Å². The summed E-state index contributed by atoms with van der Waals surface area (Å²) in [5.74, 6) is -0.672. The molecule has 0 saturated heterocycles. The fourth-order valence-corrected chi connectivity index (χ4v) is 3.48. The lowest BCUT2D eigenvalue weighted by molar-refractivity contribution is -0.145. The summed E-state index contributed by atoms with van der Waals surface area (Å²) in [5.41, 5.74) is -0.677. The monoisotopic (exact) mass is 454 g/mol. The molecule has 0 aliphatic heterocycles. The van der Waals surface area contributed by atoms with Crippen LogP contribution in [0.4, 0.5) is 9.59 Å². The first-order valence-corrected chi connectivity index (χ1v) is 8.30. The summed E-state index contributed by atoms with van der Waals surface area (Å²) < 4.78 is 14.0. The molecule has 1 fully saturated rings. The van der Waals surface area contributed by atoms with E-state index in [-0.39, 0.29) is 11.5 Å². The van der Waals surface area contributed by atoms with Crippen molar-refractivity contribution in [2.45, 2.75) is 51.6 Å². The van der Waals surface area contributed by atoms with Crippen LogP contribution in [0.25, 0.3) is 0 Å². The third-order valence-corrected chi connectivity index (χ3v) is 4.12. The summed E-state index contributed by atoms with van der Waals surface area (Å²) in [7, 11) is 0. The number of esters is 1. The highest BCUT2D eigenvalue weighted by molar-refractivity contribution is 14.1. The molecule has 0 heterocycles. The van der Waals surface area contributed by atoms with Gasteiger partial charge in [0.1, 0.15) is 0 Å². The van der Waals surface area contributed by atoms with Crippen molar-refractivity contribution in [1.29, 1.82) is 0 Å². The summed E-state index contributed by atoms with van der Waals surface area (Å²) in [6.07, 6.45) is 1.78. The number of halogens is 1. The zero-order valence-electron chi connectivity index (χ0n) is 14.0. The van der Waals surface area contributed by atoms with E-state index in [0.29, 0.717) is 12.8 Å². The van der Waals surface area contributed by atoms with Crippen molar-refractivity contribution in [2.75, 3.05) is 6.79 Å². The van der Waals surface area contributed by atoms with Crippen LogP contribution in [0.2, 0.25) is 0 Å². The van der Waals surface area contributed by atoms with Crippen molar-refractivity contribution in [2.24, 2.45) is 5.41 Å². The van der Waals surface area contributed by atoms with Gasteiger partial charge in [-0.15, -0.1) is 0 Å². The van der Waals surface area contributed by atoms with Gasteiger partial charge in [0.05, 0.1) is 0 Å². The maximum Gasteiger partial charge on any atom is 0.416 e. The van der Waals surface area contributed by atoms with Gasteiger partial charge in [0.2, 0.25) is 6.79 Å². The summed E-state index contributed by atoms with van der Waals surface area (Å²) in [6, 6.07) is -0.139. The second-order valence-electron chi connectivity index (χ2n) is 6.86. The first-order valence-electron chi connectivity index (χ1n) is 7.42. The largest absolute Gasteiger partial charge is 0.425 e. The number of nitrogens with one attached hydrogen (secondary N) is 2. The number of carbonyl (C=O) groups excluding carboxylic acids is 3. The molecule has 0 aromatic carbocycles. The lowest BCUT2D eigenvalue weighted by Crippen LogP contribution is -2.57. The number of hydrogen-bond acceptors (Lipinski definition) is 6. The number of hydrogen-bond donors (Lipinski definition) is 2. The molecule has 1 aliphatic carbocycles. The maximum atomic E-state index is 11.9. The summed E-state index contributed by atoms with van der Waals surface area (Å²) in [4.78, 5) is 34.3. The molecule has 0 spiro atoms. The Labute approximate surface area is 155 Å². The topological polar surface area (TPSA) is 103 Å².